The predicted octanol–water partition coefficient (Wildman–Crippen LogP) is 0.267. The molecule has 2 rings (SSSR count). The van der Waals surface area contributed by atoms with Gasteiger partial charge in [-0.3, -0.25) is 30.1 Å². The second kappa shape index (κ2) is 8.29. The number of hydrogen-bond donors (Lipinski definition) is 2. The Morgan fingerprint density at radius 2 is 1.65 bits per heavy atom. The number of nitrogens with one attached hydrogen (secondary N) is 2. The second-order valence-electron chi connectivity index (χ2n) is 6.41. The lowest BCUT2D eigenvalue weighted by Gasteiger charge is -2.38. The maximum Gasteiger partial charge on any atom is 0.255 e. The number of rotatable bonds is 4. The number of amides is 3. The lowest BCUT2D eigenvalue weighted by atomic mass is 10.1. The van der Waals surface area contributed by atoms with Crippen LogP contribution < -0.4 is 10.9 Å². The molecular weight excluding hydrogens is 296 g/mol. The summed E-state index contributed by atoms with van der Waals surface area (Å²) in [6, 6.07) is -0.323. The highest BCUT2D eigenvalue weighted by Gasteiger charge is 2.31. The lowest BCUT2D eigenvalue weighted by molar-refractivity contribution is -0.138. The van der Waals surface area contributed by atoms with Crippen molar-refractivity contribution in [2.45, 2.75) is 52.0 Å². The Labute approximate surface area is 137 Å². The molecule has 1 heterocycles. The molecule has 23 heavy (non-hydrogen) atoms. The molecule has 2 N–H and O–H groups in total. The molecule has 0 unspecified atom stereocenters. The van der Waals surface area contributed by atoms with Crippen LogP contribution >= 0.6 is 0 Å². The number of carbonyl (C=O) groups excluding carboxylic acids is 3. The molecule has 0 aromatic carbocycles. The van der Waals surface area contributed by atoms with Crippen LogP contribution in [-0.2, 0) is 14.4 Å². The summed E-state index contributed by atoms with van der Waals surface area (Å²) in [7, 11) is 0. The van der Waals surface area contributed by atoms with Gasteiger partial charge in [-0.2, -0.15) is 0 Å². The summed E-state index contributed by atoms with van der Waals surface area (Å²) < 4.78 is 0. The van der Waals surface area contributed by atoms with E-state index in [0.29, 0.717) is 32.6 Å². The van der Waals surface area contributed by atoms with Crippen molar-refractivity contribution in [3.8, 4) is 0 Å². The first-order valence-electron chi connectivity index (χ1n) is 8.64. The number of nitrogens with zero attached hydrogens (tertiary/aromatic N) is 2. The largest absolute Gasteiger partial charge is 0.340 e. The molecule has 1 saturated heterocycles. The minimum Gasteiger partial charge on any atom is -0.340 e. The fraction of sp³-hybridized carbons (Fsp3) is 0.812. The van der Waals surface area contributed by atoms with Gasteiger partial charge in [-0.05, 0) is 19.8 Å². The van der Waals surface area contributed by atoms with Crippen molar-refractivity contribution in [1.29, 1.82) is 0 Å². The van der Waals surface area contributed by atoms with Crippen LogP contribution in [0.2, 0.25) is 0 Å². The van der Waals surface area contributed by atoms with Gasteiger partial charge in [0.25, 0.3) is 5.91 Å². The van der Waals surface area contributed by atoms with E-state index in [0.717, 1.165) is 25.7 Å². The van der Waals surface area contributed by atoms with Crippen LogP contribution in [0.4, 0.5) is 0 Å². The third-order valence-corrected chi connectivity index (χ3v) is 4.90. The maximum absolute atomic E-state index is 12.4. The SMILES string of the molecule is CCC(=O)NNC(=O)[C@H](C)N1CCN(C(=O)C2CCCC2)CC1. The summed E-state index contributed by atoms with van der Waals surface area (Å²) >= 11 is 0. The Morgan fingerprint density at radius 1 is 1.04 bits per heavy atom. The average molecular weight is 324 g/mol. The summed E-state index contributed by atoms with van der Waals surface area (Å²) in [5.74, 6) is 0.0703. The normalized spacial score (nSPS) is 21.0. The minimum absolute atomic E-state index is 0.211. The zero-order chi connectivity index (χ0) is 16.8. The molecule has 1 aliphatic heterocycles. The standard InChI is InChI=1S/C16H28N4O3/c1-3-14(21)17-18-15(22)12(2)19-8-10-20(11-9-19)16(23)13-6-4-5-7-13/h12-13H,3-11H2,1-2H3,(H,17,21)(H,18,22)/t12-/m0/s1. The van der Waals surface area contributed by atoms with Gasteiger partial charge in [0.1, 0.15) is 0 Å². The predicted molar refractivity (Wildman–Crippen MR) is 86.1 cm³/mol. The topological polar surface area (TPSA) is 81.8 Å². The van der Waals surface area contributed by atoms with E-state index in [1.807, 2.05) is 16.7 Å². The van der Waals surface area contributed by atoms with E-state index in [9.17, 15) is 14.4 Å². The first kappa shape index (κ1) is 17.7. The van der Waals surface area contributed by atoms with E-state index in [1.54, 1.807) is 6.92 Å². The van der Waals surface area contributed by atoms with E-state index in [4.69, 9.17) is 0 Å². The highest BCUT2D eigenvalue weighted by atomic mass is 16.2. The quantitative estimate of drug-likeness (QED) is 0.727. The van der Waals surface area contributed by atoms with Gasteiger partial charge in [-0.15, -0.1) is 0 Å². The molecular formula is C16H28N4O3. The van der Waals surface area contributed by atoms with Crippen molar-refractivity contribution in [2.24, 2.45) is 5.92 Å². The van der Waals surface area contributed by atoms with E-state index in [1.165, 1.54) is 0 Å². The lowest BCUT2D eigenvalue weighted by Crippen LogP contribution is -2.57. The fourth-order valence-electron chi connectivity index (χ4n) is 3.25. The third-order valence-electron chi connectivity index (χ3n) is 4.90. The van der Waals surface area contributed by atoms with Crippen LogP contribution in [0, 0.1) is 5.92 Å². The highest BCUT2D eigenvalue weighted by molar-refractivity contribution is 5.85. The summed E-state index contributed by atoms with van der Waals surface area (Å²) in [6.45, 7) is 6.28. The molecule has 7 nitrogen and oxygen atoms in total. The van der Waals surface area contributed by atoms with Gasteiger partial charge in [-0.25, -0.2) is 0 Å². The molecule has 3 amide bonds. The van der Waals surface area contributed by atoms with Crippen LogP contribution in [0.3, 0.4) is 0 Å². The van der Waals surface area contributed by atoms with Crippen molar-refractivity contribution in [2.75, 3.05) is 26.2 Å². The number of hydrogen-bond acceptors (Lipinski definition) is 4. The first-order chi connectivity index (χ1) is 11.0. The van der Waals surface area contributed by atoms with E-state index >= 15 is 0 Å². The average Bonchev–Trinajstić information content (AvgIpc) is 3.12. The molecule has 2 aliphatic rings. The third kappa shape index (κ3) is 4.67. The minimum atomic E-state index is -0.323. The van der Waals surface area contributed by atoms with Crippen LogP contribution in [-0.4, -0.2) is 59.7 Å². The van der Waals surface area contributed by atoms with E-state index < -0.39 is 0 Å². The molecule has 130 valence electrons. The molecule has 2 fully saturated rings. The maximum atomic E-state index is 12.4. The number of hydrazine groups is 1. The van der Waals surface area contributed by atoms with Crippen molar-refractivity contribution in [3.63, 3.8) is 0 Å². The van der Waals surface area contributed by atoms with E-state index in [2.05, 4.69) is 10.9 Å². The Kier molecular flexibility index (Phi) is 6.38. The molecule has 0 aromatic rings. The van der Waals surface area contributed by atoms with Crippen molar-refractivity contribution >= 4 is 17.7 Å². The van der Waals surface area contributed by atoms with Gasteiger partial charge in [0.15, 0.2) is 0 Å². The molecule has 7 heteroatoms. The molecule has 1 atom stereocenters. The fourth-order valence-corrected chi connectivity index (χ4v) is 3.25. The summed E-state index contributed by atoms with van der Waals surface area (Å²) in [5.41, 5.74) is 4.83. The number of piperazine rings is 1. The zero-order valence-corrected chi connectivity index (χ0v) is 14.1. The van der Waals surface area contributed by atoms with Crippen LogP contribution in [0.5, 0.6) is 0 Å². The smallest absolute Gasteiger partial charge is 0.255 e. The second-order valence-corrected chi connectivity index (χ2v) is 6.41. The Balaban J connectivity index is 1.75. The summed E-state index contributed by atoms with van der Waals surface area (Å²) in [6.07, 6.45) is 4.70. The molecule has 0 bridgehead atoms. The Hall–Kier alpha value is -1.63. The number of carbonyl (C=O) groups is 3. The molecule has 0 aromatic heterocycles. The highest BCUT2D eigenvalue weighted by Crippen LogP contribution is 2.27. The molecule has 1 saturated carbocycles. The van der Waals surface area contributed by atoms with Gasteiger partial charge in [0.2, 0.25) is 11.8 Å². The first-order valence-corrected chi connectivity index (χ1v) is 8.64. The van der Waals surface area contributed by atoms with Gasteiger partial charge >= 0.3 is 0 Å². The molecule has 1 aliphatic carbocycles. The van der Waals surface area contributed by atoms with Crippen LogP contribution in [0.15, 0.2) is 0 Å². The van der Waals surface area contributed by atoms with Crippen molar-refractivity contribution < 1.29 is 14.4 Å². The molecule has 0 radical (unpaired) electrons. The van der Waals surface area contributed by atoms with Crippen LogP contribution in [0.1, 0.15) is 46.0 Å². The summed E-state index contributed by atoms with van der Waals surface area (Å²) in [4.78, 5) is 39.6. The van der Waals surface area contributed by atoms with Crippen LogP contribution in [0.25, 0.3) is 0 Å². The zero-order valence-electron chi connectivity index (χ0n) is 14.1. The van der Waals surface area contributed by atoms with Crippen molar-refractivity contribution in [1.82, 2.24) is 20.7 Å². The van der Waals surface area contributed by atoms with Gasteiger partial charge in [0, 0.05) is 38.5 Å². The van der Waals surface area contributed by atoms with Gasteiger partial charge in [-0.1, -0.05) is 19.8 Å². The van der Waals surface area contributed by atoms with E-state index in [-0.39, 0.29) is 29.7 Å². The van der Waals surface area contributed by atoms with Crippen molar-refractivity contribution in [3.05, 3.63) is 0 Å². The summed E-state index contributed by atoms with van der Waals surface area (Å²) in [5, 5.41) is 0. The van der Waals surface area contributed by atoms with Gasteiger partial charge < -0.3 is 4.90 Å². The Morgan fingerprint density at radius 3 is 2.22 bits per heavy atom. The molecule has 0 spiro atoms. The monoisotopic (exact) mass is 324 g/mol. The Bertz CT molecular complexity index is 441. The van der Waals surface area contributed by atoms with Gasteiger partial charge in [0.05, 0.1) is 6.04 Å².